The normalized spacial score (nSPS) is 25.8. The molecule has 5 aliphatic rings. The SMILES string of the molecule is CCCOc1c2cccc1Cc1cc(CCC3OC(OC)C4OC(C)(C)OC34)cc(c1OCCC)Cc1cccc(c1OCCC)Cc1cc(CCC3OC(OC)C4OC(C)(C)OC34)cc(c1OCCC)C2. The topological polar surface area (TPSA) is 111 Å². The zero-order valence-corrected chi connectivity index (χ0v) is 44.6. The van der Waals surface area contributed by atoms with Gasteiger partial charge in [-0.15, -0.1) is 0 Å². The van der Waals surface area contributed by atoms with Gasteiger partial charge in [0, 0.05) is 39.9 Å². The summed E-state index contributed by atoms with van der Waals surface area (Å²) in [5, 5.41) is 0. The zero-order valence-electron chi connectivity index (χ0n) is 44.6. The first-order chi connectivity index (χ1) is 34.8. The van der Waals surface area contributed by atoms with E-state index in [-0.39, 0.29) is 36.6 Å². The third-order valence-corrected chi connectivity index (χ3v) is 14.4. The van der Waals surface area contributed by atoms with Gasteiger partial charge < -0.3 is 56.8 Å². The summed E-state index contributed by atoms with van der Waals surface area (Å²) >= 11 is 0. The fraction of sp³-hybridized carbons (Fsp3) is 0.600. The van der Waals surface area contributed by atoms with Crippen LogP contribution in [0.15, 0.2) is 60.7 Å². The van der Waals surface area contributed by atoms with E-state index < -0.39 is 24.2 Å². The second-order valence-corrected chi connectivity index (χ2v) is 21.2. The number of para-hydroxylation sites is 2. The Hall–Kier alpha value is -4.24. The highest BCUT2D eigenvalue weighted by molar-refractivity contribution is 5.57. The van der Waals surface area contributed by atoms with Crippen LogP contribution in [0.25, 0.3) is 0 Å². The van der Waals surface area contributed by atoms with Crippen LogP contribution in [0, 0.1) is 0 Å². The number of fused-ring (bicyclic) bond motifs is 10. The van der Waals surface area contributed by atoms with E-state index in [0.717, 1.165) is 119 Å². The maximum atomic E-state index is 6.89. The van der Waals surface area contributed by atoms with Crippen LogP contribution >= 0.6 is 0 Å². The van der Waals surface area contributed by atoms with Crippen LogP contribution in [0.4, 0.5) is 0 Å². The largest absolute Gasteiger partial charge is 0.493 e. The summed E-state index contributed by atoms with van der Waals surface area (Å²) in [5.41, 5.74) is 11.4. The van der Waals surface area contributed by atoms with Gasteiger partial charge >= 0.3 is 0 Å². The van der Waals surface area contributed by atoms with E-state index in [2.05, 4.69) is 88.4 Å². The van der Waals surface area contributed by atoms with Crippen molar-refractivity contribution in [3.8, 4) is 23.0 Å². The van der Waals surface area contributed by atoms with Crippen molar-refractivity contribution in [2.24, 2.45) is 0 Å². The molecule has 9 rings (SSSR count). The quantitative estimate of drug-likeness (QED) is 0.0740. The predicted molar refractivity (Wildman–Crippen MR) is 276 cm³/mol. The smallest absolute Gasteiger partial charge is 0.186 e. The second-order valence-electron chi connectivity index (χ2n) is 21.2. The van der Waals surface area contributed by atoms with Gasteiger partial charge in [-0.3, -0.25) is 0 Å². The standard InChI is InChI=1S/C60H80O12/c1-11-25-63-49-39-17-15-18-40(49)34-44-30-38(22-24-48-54-56(58(62-10)68-48)72-60(7,8)70-54)32-46(52(44)66-28-14-4)36-42-20-16-19-41(50(42)64-26-12-2)35-45-31-37(29-43(33-39)51(45)65-27-13-3)21-23-47-53-55(57(61-9)67-47)71-59(5,6)69-53/h15-20,29-32,47-48,53-58H,11-14,21-28,33-36H2,1-10H3. The molecule has 4 fully saturated rings. The minimum Gasteiger partial charge on any atom is -0.493 e. The molecule has 4 aromatic carbocycles. The first kappa shape index (κ1) is 52.6. The first-order valence-electron chi connectivity index (χ1n) is 26.9. The highest BCUT2D eigenvalue weighted by Crippen LogP contribution is 2.44. The molecule has 72 heavy (non-hydrogen) atoms. The summed E-state index contributed by atoms with van der Waals surface area (Å²) in [5.74, 6) is 2.28. The summed E-state index contributed by atoms with van der Waals surface area (Å²) in [6.45, 7) is 18.9. The Bertz CT molecular complexity index is 2210. The molecule has 0 spiro atoms. The van der Waals surface area contributed by atoms with Gasteiger partial charge in [0.25, 0.3) is 0 Å². The van der Waals surface area contributed by atoms with Crippen LogP contribution in [0.5, 0.6) is 23.0 Å². The van der Waals surface area contributed by atoms with Gasteiger partial charge in [-0.2, -0.15) is 0 Å². The van der Waals surface area contributed by atoms with Gasteiger partial charge in [-0.1, -0.05) is 88.4 Å². The summed E-state index contributed by atoms with van der Waals surface area (Å²) in [4.78, 5) is 0. The van der Waals surface area contributed by atoms with Crippen molar-refractivity contribution in [2.45, 2.75) is 193 Å². The molecule has 0 aromatic heterocycles. The number of hydrogen-bond acceptors (Lipinski definition) is 12. The molecule has 4 aliphatic heterocycles. The van der Waals surface area contributed by atoms with E-state index in [4.69, 9.17) is 56.8 Å². The van der Waals surface area contributed by atoms with Gasteiger partial charge in [-0.05, 0) is 135 Å². The van der Waals surface area contributed by atoms with Crippen LogP contribution in [0.2, 0.25) is 0 Å². The average molecular weight is 993 g/mol. The third kappa shape index (κ3) is 11.7. The van der Waals surface area contributed by atoms with E-state index >= 15 is 0 Å². The average Bonchev–Trinajstić information content (AvgIpc) is 4.06. The number of hydrogen-bond donors (Lipinski definition) is 0. The van der Waals surface area contributed by atoms with Crippen LogP contribution in [0.3, 0.4) is 0 Å². The lowest BCUT2D eigenvalue weighted by Gasteiger charge is -2.25. The maximum absolute atomic E-state index is 6.89. The van der Waals surface area contributed by atoms with Gasteiger partial charge in [0.05, 0.1) is 38.6 Å². The van der Waals surface area contributed by atoms with Gasteiger partial charge in [-0.25, -0.2) is 0 Å². The van der Waals surface area contributed by atoms with Crippen molar-refractivity contribution in [3.63, 3.8) is 0 Å². The van der Waals surface area contributed by atoms with Gasteiger partial charge in [0.1, 0.15) is 47.4 Å². The van der Waals surface area contributed by atoms with Crippen LogP contribution in [0.1, 0.15) is 150 Å². The Morgan fingerprint density at radius 3 is 1.01 bits per heavy atom. The summed E-state index contributed by atoms with van der Waals surface area (Å²) in [6, 6.07) is 22.6. The maximum Gasteiger partial charge on any atom is 0.186 e. The Morgan fingerprint density at radius 2 is 0.722 bits per heavy atom. The minimum absolute atomic E-state index is 0.190. The molecular weight excluding hydrogens is 913 g/mol. The van der Waals surface area contributed by atoms with E-state index in [0.29, 0.717) is 52.1 Å². The van der Waals surface area contributed by atoms with Crippen molar-refractivity contribution in [2.75, 3.05) is 40.6 Å². The fourth-order valence-corrected chi connectivity index (χ4v) is 11.4. The molecule has 4 heterocycles. The molecule has 0 N–H and O–H groups in total. The highest BCUT2D eigenvalue weighted by Gasteiger charge is 2.56. The van der Waals surface area contributed by atoms with E-state index in [1.807, 2.05) is 27.7 Å². The van der Waals surface area contributed by atoms with Crippen molar-refractivity contribution in [1.29, 1.82) is 0 Å². The van der Waals surface area contributed by atoms with E-state index in [9.17, 15) is 0 Å². The molecule has 0 saturated carbocycles. The molecule has 0 radical (unpaired) electrons. The Labute approximate surface area is 428 Å². The fourth-order valence-electron chi connectivity index (χ4n) is 11.4. The Morgan fingerprint density at radius 1 is 0.431 bits per heavy atom. The lowest BCUT2D eigenvalue weighted by molar-refractivity contribution is -0.227. The summed E-state index contributed by atoms with van der Waals surface area (Å²) in [6.07, 6.45) is 6.64. The lowest BCUT2D eigenvalue weighted by atomic mass is 9.88. The molecule has 12 nitrogen and oxygen atoms in total. The third-order valence-electron chi connectivity index (χ3n) is 14.4. The molecule has 4 saturated heterocycles. The molecule has 1 aliphatic carbocycles. The van der Waals surface area contributed by atoms with Crippen LogP contribution < -0.4 is 18.9 Å². The molecule has 8 unspecified atom stereocenters. The van der Waals surface area contributed by atoms with E-state index in [1.54, 1.807) is 14.2 Å². The summed E-state index contributed by atoms with van der Waals surface area (Å²) < 4.78 is 77.4. The summed E-state index contributed by atoms with van der Waals surface area (Å²) in [7, 11) is 3.34. The van der Waals surface area contributed by atoms with Gasteiger partial charge in [0.15, 0.2) is 24.2 Å². The number of benzene rings is 4. The predicted octanol–water partition coefficient (Wildman–Crippen LogP) is 11.2. The van der Waals surface area contributed by atoms with Crippen molar-refractivity contribution >= 4 is 0 Å². The number of aryl methyl sites for hydroxylation is 2. The van der Waals surface area contributed by atoms with Crippen molar-refractivity contribution in [1.82, 2.24) is 0 Å². The highest BCUT2D eigenvalue weighted by atomic mass is 16.8. The van der Waals surface area contributed by atoms with Crippen LogP contribution in [-0.2, 0) is 76.4 Å². The minimum atomic E-state index is -0.706. The van der Waals surface area contributed by atoms with Gasteiger partial charge in [0.2, 0.25) is 0 Å². The zero-order chi connectivity index (χ0) is 50.6. The molecule has 12 heteroatoms. The van der Waals surface area contributed by atoms with Crippen LogP contribution in [-0.4, -0.2) is 101 Å². The van der Waals surface area contributed by atoms with Crippen molar-refractivity contribution < 1.29 is 56.8 Å². The second kappa shape index (κ2) is 23.1. The Balaban J connectivity index is 1.15. The van der Waals surface area contributed by atoms with E-state index in [1.165, 1.54) is 11.1 Å². The monoisotopic (exact) mass is 993 g/mol. The molecule has 0 amide bonds. The number of methoxy groups -OCH3 is 2. The molecule has 8 bridgehead atoms. The van der Waals surface area contributed by atoms with Crippen molar-refractivity contribution in [3.05, 3.63) is 116 Å². The lowest BCUT2D eigenvalue weighted by Crippen LogP contribution is -2.30. The molecular formula is C60H80O12. The molecule has 8 atom stereocenters. The number of rotatable bonds is 20. The molecule has 4 aromatic rings. The molecule has 392 valence electrons. The number of ether oxygens (including phenoxy) is 12. The Kier molecular flexibility index (Phi) is 16.9. The first-order valence-corrected chi connectivity index (χ1v) is 26.9.